The van der Waals surface area contributed by atoms with Gasteiger partial charge in [-0.15, -0.1) is 6.58 Å². The summed E-state index contributed by atoms with van der Waals surface area (Å²) >= 11 is 0. The van der Waals surface area contributed by atoms with Crippen LogP contribution in [0.5, 0.6) is 23.0 Å². The first kappa shape index (κ1) is 60.6. The van der Waals surface area contributed by atoms with Gasteiger partial charge in [-0.1, -0.05) is 138 Å². The van der Waals surface area contributed by atoms with Crippen LogP contribution in [0.2, 0.25) is 0 Å². The van der Waals surface area contributed by atoms with Gasteiger partial charge in [0.1, 0.15) is 23.0 Å². The Morgan fingerprint density at radius 3 is 0.816 bits per heavy atom. The minimum atomic E-state index is -0.516. The van der Waals surface area contributed by atoms with E-state index in [0.29, 0.717) is 29.4 Å². The van der Waals surface area contributed by atoms with Crippen LogP contribution in [0.3, 0.4) is 0 Å². The van der Waals surface area contributed by atoms with Gasteiger partial charge in [-0.05, 0) is 128 Å². The zero-order valence-corrected chi connectivity index (χ0v) is 48.4. The summed E-state index contributed by atoms with van der Waals surface area (Å²) in [4.78, 5) is 53.4. The number of esters is 4. The Hall–Kier alpha value is -6.30. The molecule has 0 N–H and O–H groups in total. The highest BCUT2D eigenvalue weighted by atomic mass is 16.6. The van der Waals surface area contributed by atoms with E-state index in [4.69, 9.17) is 37.9 Å². The summed E-state index contributed by atoms with van der Waals surface area (Å²) in [6, 6.07) is 17.1. The number of carbonyl (C=O) groups excluding carboxylic acids is 4. The first-order valence-corrected chi connectivity index (χ1v) is 27.1. The van der Waals surface area contributed by atoms with Crippen molar-refractivity contribution < 1.29 is 57.1 Å². The molecule has 8 bridgehead atoms. The quantitative estimate of drug-likeness (QED) is 0.0317. The molecule has 414 valence electrons. The molecule has 0 fully saturated rings. The maximum absolute atomic E-state index is 13.6. The highest BCUT2D eigenvalue weighted by Crippen LogP contribution is 2.44. The summed E-state index contributed by atoms with van der Waals surface area (Å²) in [6.07, 6.45) is 5.25. The molecule has 4 aromatic rings. The van der Waals surface area contributed by atoms with Crippen LogP contribution in [0, 0.1) is 0 Å². The van der Waals surface area contributed by atoms with Crippen molar-refractivity contribution in [2.24, 2.45) is 0 Å². The second-order valence-electron chi connectivity index (χ2n) is 23.8. The third-order valence-electron chi connectivity index (χ3n) is 13.3. The largest absolute Gasteiger partial charge is 0.481 e. The van der Waals surface area contributed by atoms with E-state index in [1.54, 1.807) is 20.8 Å². The van der Waals surface area contributed by atoms with Crippen molar-refractivity contribution in [3.8, 4) is 23.0 Å². The van der Waals surface area contributed by atoms with Crippen LogP contribution in [0.1, 0.15) is 190 Å². The molecule has 0 radical (unpaired) electrons. The average Bonchev–Trinajstić information content (AvgIpc) is 3.31. The van der Waals surface area contributed by atoms with Crippen molar-refractivity contribution in [1.29, 1.82) is 0 Å². The van der Waals surface area contributed by atoms with Crippen molar-refractivity contribution in [3.05, 3.63) is 128 Å². The van der Waals surface area contributed by atoms with Crippen LogP contribution < -0.4 is 18.9 Å². The zero-order valence-electron chi connectivity index (χ0n) is 48.4. The summed E-state index contributed by atoms with van der Waals surface area (Å²) in [6.45, 7) is 34.4. The first-order chi connectivity index (χ1) is 35.7. The Bertz CT molecular complexity index is 2560. The number of allylic oxidation sites excluding steroid dienone is 1. The van der Waals surface area contributed by atoms with E-state index in [-0.39, 0.29) is 100 Å². The van der Waals surface area contributed by atoms with Gasteiger partial charge in [0, 0.05) is 25.7 Å². The summed E-state index contributed by atoms with van der Waals surface area (Å²) in [7, 11) is 0. The lowest BCUT2D eigenvalue weighted by Gasteiger charge is -2.29. The van der Waals surface area contributed by atoms with Gasteiger partial charge in [-0.25, -0.2) is 19.2 Å². The van der Waals surface area contributed by atoms with Crippen LogP contribution >= 0.6 is 0 Å². The number of carbonyl (C=O) groups is 4. The molecule has 0 saturated heterocycles. The fraction of sp³-hybridized carbons (Fsp3) is 0.531. The minimum absolute atomic E-state index is 0.184. The summed E-state index contributed by atoms with van der Waals surface area (Å²) in [5, 5.41) is 0. The number of fused-ring (bicyclic) bond motifs is 8. The van der Waals surface area contributed by atoms with E-state index in [9.17, 15) is 19.2 Å². The van der Waals surface area contributed by atoms with Gasteiger partial charge >= 0.3 is 23.9 Å². The molecule has 1 aliphatic rings. The normalized spacial score (nSPS) is 12.8. The fourth-order valence-electron chi connectivity index (χ4n) is 9.11. The molecule has 1 aliphatic carbocycles. The third kappa shape index (κ3) is 16.8. The predicted octanol–water partition coefficient (Wildman–Crippen LogP) is 12.7. The second-order valence-corrected chi connectivity index (χ2v) is 23.8. The van der Waals surface area contributed by atoms with E-state index < -0.39 is 23.9 Å². The molecule has 0 heterocycles. The van der Waals surface area contributed by atoms with E-state index in [1.807, 2.05) is 6.08 Å². The number of ether oxygens (including phenoxy) is 8. The monoisotopic (exact) mass is 1050 g/mol. The first-order valence-electron chi connectivity index (χ1n) is 27.1. The Morgan fingerprint density at radius 2 is 0.618 bits per heavy atom. The average molecular weight is 1050 g/mol. The van der Waals surface area contributed by atoms with E-state index >= 15 is 0 Å². The molecule has 12 nitrogen and oxygen atoms in total. The number of unbranched alkanes of at least 4 members (excludes halogenated alkanes) is 2. The Morgan fingerprint density at radius 1 is 0.395 bits per heavy atom. The van der Waals surface area contributed by atoms with Gasteiger partial charge in [0.15, 0.2) is 26.4 Å². The van der Waals surface area contributed by atoms with E-state index in [1.165, 1.54) is 0 Å². The Balaban J connectivity index is 2.00. The van der Waals surface area contributed by atoms with Crippen molar-refractivity contribution in [2.75, 3.05) is 52.9 Å². The molecular formula is C64H86O12. The van der Waals surface area contributed by atoms with E-state index in [2.05, 4.69) is 138 Å². The Kier molecular flexibility index (Phi) is 20.9. The molecule has 0 spiro atoms. The predicted molar refractivity (Wildman–Crippen MR) is 299 cm³/mol. The van der Waals surface area contributed by atoms with Crippen LogP contribution in [0.25, 0.3) is 0 Å². The van der Waals surface area contributed by atoms with Gasteiger partial charge in [0.2, 0.25) is 0 Å². The molecule has 0 aliphatic heterocycles. The molecule has 12 heteroatoms. The molecule has 4 aromatic carbocycles. The summed E-state index contributed by atoms with van der Waals surface area (Å²) in [5.74, 6) is -0.0660. The van der Waals surface area contributed by atoms with Crippen LogP contribution in [-0.4, -0.2) is 76.7 Å². The number of rotatable bonds is 20. The van der Waals surface area contributed by atoms with Crippen molar-refractivity contribution in [2.45, 2.75) is 170 Å². The lowest BCUT2D eigenvalue weighted by molar-refractivity contribution is -0.146. The highest BCUT2D eigenvalue weighted by Gasteiger charge is 2.30. The molecule has 0 atom stereocenters. The molecular weight excluding hydrogens is 961 g/mol. The van der Waals surface area contributed by atoms with Crippen LogP contribution in [-0.2, 0) is 85.5 Å². The summed E-state index contributed by atoms with van der Waals surface area (Å²) in [5.41, 5.74) is 8.90. The van der Waals surface area contributed by atoms with Crippen molar-refractivity contribution in [3.63, 3.8) is 0 Å². The Labute approximate surface area is 453 Å². The molecule has 5 rings (SSSR count). The SMILES string of the molecule is C=CCCCCOC(=O)COc1c2cc(C(C)(C)C)cc1Cc1cc(C(C)(C)C)cc(c1OCC(=O)OCC)Cc1cc(C(C)(C)C)cc(c1OCC(=O)OCC)Cc1cc(C(C)(C)C)cc(c1OCC(=O)OCC)C2. The lowest BCUT2D eigenvalue weighted by Crippen LogP contribution is -2.21. The number of benzene rings is 4. The molecule has 0 amide bonds. The maximum Gasteiger partial charge on any atom is 0.344 e. The van der Waals surface area contributed by atoms with Crippen molar-refractivity contribution in [1.82, 2.24) is 0 Å². The topological polar surface area (TPSA) is 142 Å². The van der Waals surface area contributed by atoms with Crippen LogP contribution in [0.4, 0.5) is 0 Å². The van der Waals surface area contributed by atoms with Crippen LogP contribution in [0.15, 0.2) is 61.2 Å². The molecule has 0 unspecified atom stereocenters. The van der Waals surface area contributed by atoms with Crippen molar-refractivity contribution >= 4 is 23.9 Å². The van der Waals surface area contributed by atoms with Gasteiger partial charge < -0.3 is 37.9 Å². The minimum Gasteiger partial charge on any atom is -0.481 e. The smallest absolute Gasteiger partial charge is 0.344 e. The zero-order chi connectivity index (χ0) is 56.2. The summed E-state index contributed by atoms with van der Waals surface area (Å²) < 4.78 is 48.9. The van der Waals surface area contributed by atoms with Gasteiger partial charge in [-0.2, -0.15) is 0 Å². The van der Waals surface area contributed by atoms with Gasteiger partial charge in [-0.3, -0.25) is 0 Å². The number of hydrogen-bond acceptors (Lipinski definition) is 12. The lowest BCUT2D eigenvalue weighted by atomic mass is 9.79. The highest BCUT2D eigenvalue weighted by molar-refractivity contribution is 5.73. The van der Waals surface area contributed by atoms with Gasteiger partial charge in [0.25, 0.3) is 0 Å². The standard InChI is InChI=1S/C64H86O12/c1-17-21-22-23-24-72-56(68)40-76-60-47-27-45-33-50(62(8,9)10)31-43(58(45)74-38-54(66)70-19-3)25-41-29-49(61(5,6)7)30-42(57(41)73-37-53(65)69-18-2)26-44-32-51(63(11,12)13)34-46(59(44)75-39-55(67)71-20-4)28-48(60)36-52(35-47)64(14,15)16/h17,29-36H,1,18-28,37-40H2,2-16H3. The molecule has 0 aromatic heterocycles. The van der Waals surface area contributed by atoms with E-state index in [0.717, 1.165) is 79.6 Å². The van der Waals surface area contributed by atoms with Gasteiger partial charge in [0.05, 0.1) is 26.4 Å². The third-order valence-corrected chi connectivity index (χ3v) is 13.3. The second kappa shape index (κ2) is 26.2. The maximum atomic E-state index is 13.6. The number of hydrogen-bond donors (Lipinski definition) is 0. The fourth-order valence-corrected chi connectivity index (χ4v) is 9.11. The molecule has 76 heavy (non-hydrogen) atoms. The molecule has 0 saturated carbocycles.